The van der Waals surface area contributed by atoms with E-state index in [0.717, 1.165) is 36.6 Å². The van der Waals surface area contributed by atoms with Gasteiger partial charge in [0.15, 0.2) is 0 Å². The summed E-state index contributed by atoms with van der Waals surface area (Å²) >= 11 is 0. The lowest BCUT2D eigenvalue weighted by molar-refractivity contribution is -0.113. The molecule has 0 aromatic heterocycles. The Morgan fingerprint density at radius 3 is 2.28 bits per heavy atom. The molecule has 4 bridgehead atoms. The molecule has 136 valence electrons. The van der Waals surface area contributed by atoms with Crippen molar-refractivity contribution in [3.05, 3.63) is 24.3 Å². The summed E-state index contributed by atoms with van der Waals surface area (Å²) in [6.45, 7) is 7.47. The summed E-state index contributed by atoms with van der Waals surface area (Å²) < 4.78 is 5.45. The molecule has 4 heteroatoms. The van der Waals surface area contributed by atoms with Crippen molar-refractivity contribution in [1.82, 2.24) is 5.32 Å². The van der Waals surface area contributed by atoms with Crippen LogP contribution in [0, 0.1) is 16.7 Å². The number of amides is 2. The zero-order valence-electron chi connectivity index (χ0n) is 15.7. The van der Waals surface area contributed by atoms with E-state index in [-0.39, 0.29) is 11.6 Å². The van der Waals surface area contributed by atoms with E-state index in [2.05, 4.69) is 24.5 Å². The lowest BCUT2D eigenvalue weighted by Crippen LogP contribution is -2.65. The summed E-state index contributed by atoms with van der Waals surface area (Å²) in [6, 6.07) is 7.51. The van der Waals surface area contributed by atoms with Gasteiger partial charge >= 0.3 is 6.03 Å². The Bertz CT molecular complexity index is 651. The van der Waals surface area contributed by atoms with Crippen LogP contribution >= 0.6 is 0 Å². The van der Waals surface area contributed by atoms with Crippen LogP contribution in [0.2, 0.25) is 0 Å². The Morgan fingerprint density at radius 2 is 1.72 bits per heavy atom. The van der Waals surface area contributed by atoms with Crippen molar-refractivity contribution in [2.24, 2.45) is 16.7 Å². The van der Waals surface area contributed by atoms with Gasteiger partial charge in [-0.15, -0.1) is 0 Å². The maximum atomic E-state index is 12.7. The van der Waals surface area contributed by atoms with Gasteiger partial charge in [0.1, 0.15) is 5.75 Å². The van der Waals surface area contributed by atoms with Crippen LogP contribution < -0.4 is 15.4 Å². The highest BCUT2D eigenvalue weighted by atomic mass is 16.5. The van der Waals surface area contributed by atoms with Gasteiger partial charge in [0.05, 0.1) is 6.61 Å². The lowest BCUT2D eigenvalue weighted by Gasteiger charge is -2.65. The summed E-state index contributed by atoms with van der Waals surface area (Å²) in [5.41, 5.74) is 1.60. The van der Waals surface area contributed by atoms with E-state index >= 15 is 0 Å². The van der Waals surface area contributed by atoms with Crippen molar-refractivity contribution >= 4 is 11.7 Å². The predicted molar refractivity (Wildman–Crippen MR) is 99.9 cm³/mol. The van der Waals surface area contributed by atoms with E-state index in [4.69, 9.17) is 4.74 Å². The quantitative estimate of drug-likeness (QED) is 0.813. The molecular weight excluding hydrogens is 312 g/mol. The molecule has 0 saturated heterocycles. The molecule has 25 heavy (non-hydrogen) atoms. The standard InChI is InChI=1S/C21H30N2O2/c1-4-25-17-7-5-16(6-8-17)22-18(24)23-21-11-15-9-19(2,13-21)12-20(3,10-15)14-21/h5-8,15H,4,9-14H2,1-3H3,(H2,22,23,24). The van der Waals surface area contributed by atoms with Gasteiger partial charge in [-0.25, -0.2) is 4.79 Å². The first kappa shape index (κ1) is 16.7. The molecule has 1 aromatic rings. The minimum Gasteiger partial charge on any atom is -0.494 e. The molecule has 4 fully saturated rings. The van der Waals surface area contributed by atoms with Crippen molar-refractivity contribution in [1.29, 1.82) is 0 Å². The third kappa shape index (κ3) is 3.23. The number of nitrogens with one attached hydrogen (secondary N) is 2. The molecule has 0 aliphatic heterocycles. The van der Waals surface area contributed by atoms with Crippen molar-refractivity contribution in [3.8, 4) is 5.75 Å². The summed E-state index contributed by atoms with van der Waals surface area (Å²) in [5, 5.41) is 6.39. The number of carbonyl (C=O) groups excluding carboxylic acids is 1. The molecule has 0 radical (unpaired) electrons. The highest BCUT2D eigenvalue weighted by Crippen LogP contribution is 2.66. The third-order valence-corrected chi connectivity index (χ3v) is 6.43. The van der Waals surface area contributed by atoms with Crippen molar-refractivity contribution in [2.45, 2.75) is 64.8 Å². The fourth-order valence-corrected chi connectivity index (χ4v) is 6.79. The number of ether oxygens (including phenoxy) is 1. The fraction of sp³-hybridized carbons (Fsp3) is 0.667. The molecule has 5 rings (SSSR count). The summed E-state index contributed by atoms with van der Waals surface area (Å²) in [6.07, 6.45) is 7.40. The molecule has 2 atom stereocenters. The molecule has 2 N–H and O–H groups in total. The molecule has 4 nitrogen and oxygen atoms in total. The number of carbonyl (C=O) groups is 1. The first-order chi connectivity index (χ1) is 11.8. The van der Waals surface area contributed by atoms with Gasteiger partial charge in [-0.1, -0.05) is 13.8 Å². The van der Waals surface area contributed by atoms with E-state index in [1.54, 1.807) is 0 Å². The predicted octanol–water partition coefficient (Wildman–Crippen LogP) is 4.96. The minimum absolute atomic E-state index is 0.0156. The molecule has 4 aliphatic carbocycles. The number of rotatable bonds is 4. The van der Waals surface area contributed by atoms with E-state index in [1.807, 2.05) is 31.2 Å². The number of benzene rings is 1. The van der Waals surface area contributed by atoms with Crippen LogP contribution in [0.25, 0.3) is 0 Å². The van der Waals surface area contributed by atoms with E-state index in [9.17, 15) is 4.79 Å². The van der Waals surface area contributed by atoms with Crippen molar-refractivity contribution in [3.63, 3.8) is 0 Å². The second-order valence-electron chi connectivity index (χ2n) is 9.45. The Hall–Kier alpha value is -1.71. The van der Waals surface area contributed by atoms with Crippen LogP contribution in [0.3, 0.4) is 0 Å². The summed E-state index contributed by atoms with van der Waals surface area (Å²) in [4.78, 5) is 12.7. The Balaban J connectivity index is 1.44. The molecule has 4 saturated carbocycles. The average Bonchev–Trinajstić information content (AvgIpc) is 2.45. The van der Waals surface area contributed by atoms with Gasteiger partial charge in [0.2, 0.25) is 0 Å². The average molecular weight is 342 g/mol. The molecule has 2 amide bonds. The first-order valence-corrected chi connectivity index (χ1v) is 9.63. The van der Waals surface area contributed by atoms with Crippen LogP contribution in [0.4, 0.5) is 10.5 Å². The maximum absolute atomic E-state index is 12.7. The topological polar surface area (TPSA) is 50.4 Å². The van der Waals surface area contributed by atoms with Gasteiger partial charge in [-0.05, 0) is 86.5 Å². The molecule has 4 aliphatic rings. The number of hydrogen-bond acceptors (Lipinski definition) is 2. The Labute approximate surface area is 150 Å². The maximum Gasteiger partial charge on any atom is 0.319 e. The fourth-order valence-electron chi connectivity index (χ4n) is 6.79. The summed E-state index contributed by atoms with van der Waals surface area (Å²) in [5.74, 6) is 1.60. The van der Waals surface area contributed by atoms with Gasteiger partial charge in [0.25, 0.3) is 0 Å². The SMILES string of the molecule is CCOc1ccc(NC(=O)NC23CC4CC(C)(CC(C)(C4)C2)C3)cc1. The van der Waals surface area contributed by atoms with Crippen LogP contribution in [0.5, 0.6) is 5.75 Å². The highest BCUT2D eigenvalue weighted by molar-refractivity contribution is 5.89. The van der Waals surface area contributed by atoms with E-state index < -0.39 is 0 Å². The molecule has 0 spiro atoms. The Morgan fingerprint density at radius 1 is 1.08 bits per heavy atom. The van der Waals surface area contributed by atoms with Gasteiger partial charge < -0.3 is 15.4 Å². The van der Waals surface area contributed by atoms with E-state index in [1.165, 1.54) is 19.3 Å². The molecular formula is C21H30N2O2. The third-order valence-electron chi connectivity index (χ3n) is 6.43. The van der Waals surface area contributed by atoms with Gasteiger partial charge in [0, 0.05) is 11.2 Å². The van der Waals surface area contributed by atoms with Crippen LogP contribution in [0.1, 0.15) is 59.3 Å². The Kier molecular flexibility index (Phi) is 3.78. The zero-order chi connectivity index (χ0) is 17.7. The second kappa shape index (κ2) is 5.65. The molecule has 0 heterocycles. The zero-order valence-corrected chi connectivity index (χ0v) is 15.7. The van der Waals surface area contributed by atoms with Crippen LogP contribution in [-0.4, -0.2) is 18.2 Å². The first-order valence-electron chi connectivity index (χ1n) is 9.63. The van der Waals surface area contributed by atoms with Gasteiger partial charge in [-0.3, -0.25) is 0 Å². The highest BCUT2D eigenvalue weighted by Gasteiger charge is 2.60. The number of urea groups is 1. The van der Waals surface area contributed by atoms with Gasteiger partial charge in [-0.2, -0.15) is 0 Å². The van der Waals surface area contributed by atoms with Crippen molar-refractivity contribution in [2.75, 3.05) is 11.9 Å². The second-order valence-corrected chi connectivity index (χ2v) is 9.45. The normalized spacial score (nSPS) is 38.4. The largest absolute Gasteiger partial charge is 0.494 e. The monoisotopic (exact) mass is 342 g/mol. The van der Waals surface area contributed by atoms with Crippen LogP contribution in [0.15, 0.2) is 24.3 Å². The van der Waals surface area contributed by atoms with Crippen molar-refractivity contribution < 1.29 is 9.53 Å². The molecule has 1 aromatic carbocycles. The minimum atomic E-state index is -0.0710. The van der Waals surface area contributed by atoms with E-state index in [0.29, 0.717) is 17.4 Å². The number of anilines is 1. The summed E-state index contributed by atoms with van der Waals surface area (Å²) in [7, 11) is 0. The lowest BCUT2D eigenvalue weighted by atomic mass is 9.43. The smallest absolute Gasteiger partial charge is 0.319 e. The van der Waals surface area contributed by atoms with Crippen LogP contribution in [-0.2, 0) is 0 Å². The molecule has 2 unspecified atom stereocenters. The number of hydrogen-bond donors (Lipinski definition) is 2.